The van der Waals surface area contributed by atoms with Gasteiger partial charge in [0.15, 0.2) is 0 Å². The lowest BCUT2D eigenvalue weighted by molar-refractivity contribution is 0.0213. The molecule has 0 aliphatic carbocycles. The molecule has 104 valence electrons. The number of nitrogens with zero attached hydrogens (tertiary/aromatic N) is 2. The van der Waals surface area contributed by atoms with Crippen LogP contribution in [0.15, 0.2) is 0 Å². The minimum absolute atomic E-state index is 0.154. The van der Waals surface area contributed by atoms with Gasteiger partial charge in [0, 0.05) is 19.1 Å². The van der Waals surface area contributed by atoms with Crippen LogP contribution in [0.4, 0.5) is 4.79 Å². The van der Waals surface area contributed by atoms with Crippen LogP contribution in [0.2, 0.25) is 0 Å². The van der Waals surface area contributed by atoms with Gasteiger partial charge in [0.1, 0.15) is 0 Å². The molecule has 0 aromatic carbocycles. The van der Waals surface area contributed by atoms with Crippen LogP contribution < -0.4 is 0 Å². The van der Waals surface area contributed by atoms with Crippen molar-refractivity contribution in [2.45, 2.75) is 45.1 Å². The molecule has 2 heterocycles. The topological polar surface area (TPSA) is 32.8 Å². The first-order chi connectivity index (χ1) is 8.76. The summed E-state index contributed by atoms with van der Waals surface area (Å²) in [5.41, 5.74) is 0. The second kappa shape index (κ2) is 6.41. The largest absolute Gasteiger partial charge is 0.453 e. The van der Waals surface area contributed by atoms with E-state index in [0.29, 0.717) is 12.0 Å². The lowest BCUT2D eigenvalue weighted by Crippen LogP contribution is -2.55. The standard InChI is InChI=1S/C14H26N2O2/c1-3-4-8-15-9-5-6-12-11-16(14(17)18-2)10-7-13(12)15/h12-13H,3-11H2,1-2H3/t12-,13+/m0/s1. The molecule has 0 saturated carbocycles. The lowest BCUT2D eigenvalue weighted by atomic mass is 9.84. The minimum atomic E-state index is -0.154. The summed E-state index contributed by atoms with van der Waals surface area (Å²) in [7, 11) is 1.48. The molecule has 0 N–H and O–H groups in total. The highest BCUT2D eigenvalue weighted by atomic mass is 16.5. The Hall–Kier alpha value is -0.770. The predicted octanol–water partition coefficient (Wildman–Crippen LogP) is 2.34. The number of likely N-dealkylation sites (tertiary alicyclic amines) is 2. The molecule has 0 spiro atoms. The second-order valence-corrected chi connectivity index (χ2v) is 5.56. The number of unbranched alkanes of at least 4 members (excludes halogenated alkanes) is 1. The molecule has 2 aliphatic rings. The van der Waals surface area contributed by atoms with Gasteiger partial charge in [0.2, 0.25) is 0 Å². The van der Waals surface area contributed by atoms with Crippen molar-refractivity contribution in [3.8, 4) is 0 Å². The smallest absolute Gasteiger partial charge is 0.409 e. The summed E-state index contributed by atoms with van der Waals surface area (Å²) in [6, 6.07) is 0.700. The molecule has 4 heteroatoms. The number of piperidine rings is 2. The third kappa shape index (κ3) is 2.97. The molecule has 0 aromatic rings. The van der Waals surface area contributed by atoms with Crippen molar-refractivity contribution in [3.63, 3.8) is 0 Å². The van der Waals surface area contributed by atoms with E-state index in [0.717, 1.165) is 19.5 Å². The molecule has 2 rings (SSSR count). The summed E-state index contributed by atoms with van der Waals surface area (Å²) in [6.07, 6.45) is 6.06. The molecule has 2 aliphatic heterocycles. The minimum Gasteiger partial charge on any atom is -0.453 e. The van der Waals surface area contributed by atoms with E-state index < -0.39 is 0 Å². The molecule has 0 bridgehead atoms. The predicted molar refractivity (Wildman–Crippen MR) is 71.6 cm³/mol. The molecular formula is C14H26N2O2. The summed E-state index contributed by atoms with van der Waals surface area (Å²) in [4.78, 5) is 16.1. The van der Waals surface area contributed by atoms with Gasteiger partial charge in [-0.25, -0.2) is 4.79 Å². The Balaban J connectivity index is 1.91. The van der Waals surface area contributed by atoms with Gasteiger partial charge in [0.05, 0.1) is 7.11 Å². The molecule has 2 atom stereocenters. The van der Waals surface area contributed by atoms with Crippen LogP contribution in [-0.2, 0) is 4.74 Å². The van der Waals surface area contributed by atoms with Gasteiger partial charge in [-0.2, -0.15) is 0 Å². The SMILES string of the molecule is CCCCN1CCC[C@H]2CN(C(=O)OC)CC[C@H]21. The van der Waals surface area contributed by atoms with E-state index in [9.17, 15) is 4.79 Å². The number of rotatable bonds is 3. The highest BCUT2D eigenvalue weighted by molar-refractivity contribution is 5.67. The Labute approximate surface area is 110 Å². The Bertz CT molecular complexity index is 283. The maximum absolute atomic E-state index is 11.6. The van der Waals surface area contributed by atoms with Gasteiger partial charge in [-0.15, -0.1) is 0 Å². The number of amides is 1. The van der Waals surface area contributed by atoms with Crippen LogP contribution in [0.1, 0.15) is 39.0 Å². The molecule has 18 heavy (non-hydrogen) atoms. The van der Waals surface area contributed by atoms with E-state index in [1.54, 1.807) is 0 Å². The Morgan fingerprint density at radius 3 is 2.89 bits per heavy atom. The van der Waals surface area contributed by atoms with Crippen molar-refractivity contribution in [2.24, 2.45) is 5.92 Å². The summed E-state index contributed by atoms with van der Waals surface area (Å²) >= 11 is 0. The van der Waals surface area contributed by atoms with Gasteiger partial charge in [-0.05, 0) is 44.7 Å². The van der Waals surface area contributed by atoms with Gasteiger partial charge in [-0.3, -0.25) is 4.90 Å². The number of fused-ring (bicyclic) bond motifs is 1. The molecule has 2 fully saturated rings. The van der Waals surface area contributed by atoms with Crippen LogP contribution in [-0.4, -0.2) is 55.2 Å². The first kappa shape index (κ1) is 13.7. The second-order valence-electron chi connectivity index (χ2n) is 5.56. The van der Waals surface area contributed by atoms with Gasteiger partial charge >= 0.3 is 6.09 Å². The maximum atomic E-state index is 11.6. The average molecular weight is 254 g/mol. The monoisotopic (exact) mass is 254 g/mol. The van der Waals surface area contributed by atoms with Crippen LogP contribution in [0.3, 0.4) is 0 Å². The van der Waals surface area contributed by atoms with Crippen molar-refractivity contribution in [1.29, 1.82) is 0 Å². The molecular weight excluding hydrogens is 228 g/mol. The van der Waals surface area contributed by atoms with Gasteiger partial charge < -0.3 is 9.64 Å². The molecule has 1 amide bonds. The van der Waals surface area contributed by atoms with E-state index in [1.165, 1.54) is 45.9 Å². The summed E-state index contributed by atoms with van der Waals surface area (Å²) in [5, 5.41) is 0. The van der Waals surface area contributed by atoms with Crippen molar-refractivity contribution in [1.82, 2.24) is 9.80 Å². The average Bonchev–Trinajstić information content (AvgIpc) is 2.43. The number of hydrogen-bond acceptors (Lipinski definition) is 3. The number of carbonyl (C=O) groups excluding carboxylic acids is 1. The zero-order chi connectivity index (χ0) is 13.0. The maximum Gasteiger partial charge on any atom is 0.409 e. The van der Waals surface area contributed by atoms with Gasteiger partial charge in [0.25, 0.3) is 0 Å². The number of hydrogen-bond donors (Lipinski definition) is 0. The molecule has 4 nitrogen and oxygen atoms in total. The number of carbonyl (C=O) groups is 1. The van der Waals surface area contributed by atoms with E-state index in [1.807, 2.05) is 4.90 Å². The van der Waals surface area contributed by atoms with E-state index in [2.05, 4.69) is 11.8 Å². The van der Waals surface area contributed by atoms with Crippen molar-refractivity contribution in [2.75, 3.05) is 33.3 Å². The highest BCUT2D eigenvalue weighted by Gasteiger charge is 2.37. The Morgan fingerprint density at radius 2 is 2.17 bits per heavy atom. The van der Waals surface area contributed by atoms with Gasteiger partial charge in [-0.1, -0.05) is 13.3 Å². The number of ether oxygens (including phenoxy) is 1. The molecule has 0 aromatic heterocycles. The fraction of sp³-hybridized carbons (Fsp3) is 0.929. The fourth-order valence-electron chi connectivity index (χ4n) is 3.44. The first-order valence-corrected chi connectivity index (χ1v) is 7.33. The summed E-state index contributed by atoms with van der Waals surface area (Å²) in [5.74, 6) is 0.656. The van der Waals surface area contributed by atoms with Crippen molar-refractivity contribution >= 4 is 6.09 Å². The van der Waals surface area contributed by atoms with E-state index in [4.69, 9.17) is 4.74 Å². The lowest BCUT2D eigenvalue weighted by Gasteiger charge is -2.47. The van der Waals surface area contributed by atoms with Crippen LogP contribution in [0.5, 0.6) is 0 Å². The first-order valence-electron chi connectivity index (χ1n) is 7.33. The fourth-order valence-corrected chi connectivity index (χ4v) is 3.44. The normalized spacial score (nSPS) is 28.9. The van der Waals surface area contributed by atoms with Crippen molar-refractivity contribution in [3.05, 3.63) is 0 Å². The highest BCUT2D eigenvalue weighted by Crippen LogP contribution is 2.30. The molecule has 0 unspecified atom stereocenters. The zero-order valence-corrected chi connectivity index (χ0v) is 11.7. The van der Waals surface area contributed by atoms with E-state index in [-0.39, 0.29) is 6.09 Å². The molecule has 2 saturated heterocycles. The molecule has 0 radical (unpaired) electrons. The summed E-state index contributed by atoms with van der Waals surface area (Å²) in [6.45, 7) is 6.48. The quantitative estimate of drug-likeness (QED) is 0.775. The third-order valence-electron chi connectivity index (χ3n) is 4.41. The van der Waals surface area contributed by atoms with Crippen LogP contribution in [0.25, 0.3) is 0 Å². The Kier molecular flexibility index (Phi) is 4.87. The van der Waals surface area contributed by atoms with Crippen LogP contribution >= 0.6 is 0 Å². The third-order valence-corrected chi connectivity index (χ3v) is 4.41. The van der Waals surface area contributed by atoms with Crippen LogP contribution in [0, 0.1) is 5.92 Å². The number of methoxy groups -OCH3 is 1. The Morgan fingerprint density at radius 1 is 1.33 bits per heavy atom. The van der Waals surface area contributed by atoms with E-state index >= 15 is 0 Å². The zero-order valence-electron chi connectivity index (χ0n) is 11.7. The summed E-state index contributed by atoms with van der Waals surface area (Å²) < 4.78 is 4.83. The van der Waals surface area contributed by atoms with Crippen molar-refractivity contribution < 1.29 is 9.53 Å².